The number of rotatable bonds is 4. The number of hydrogen-bond acceptors (Lipinski definition) is 4. The molecule has 0 saturated heterocycles. The molecule has 0 bridgehead atoms. The topological polar surface area (TPSA) is 75.4 Å². The average molecular weight is 359 g/mol. The largest absolute Gasteiger partial charge is 0.508 e. The maximum Gasteiger partial charge on any atom is 0.295 e. The van der Waals surface area contributed by atoms with E-state index in [1.807, 2.05) is 0 Å². The number of phenols is 1. The van der Waals surface area contributed by atoms with Crippen molar-refractivity contribution in [2.45, 2.75) is 6.54 Å². The van der Waals surface area contributed by atoms with Crippen LogP contribution in [0.1, 0.15) is 5.56 Å². The first-order valence-corrected chi connectivity index (χ1v) is 6.53. The summed E-state index contributed by atoms with van der Waals surface area (Å²) in [5, 5.41) is 22.9. The molecule has 0 saturated carbocycles. The van der Waals surface area contributed by atoms with E-state index in [0.29, 0.717) is 16.1 Å². The average Bonchev–Trinajstić information content (AvgIpc) is 2.43. The second-order valence-corrected chi connectivity index (χ2v) is 5.05. The van der Waals surface area contributed by atoms with Crippen LogP contribution in [-0.2, 0) is 6.54 Å². The Kier molecular flexibility index (Phi) is 4.37. The van der Waals surface area contributed by atoms with Gasteiger partial charge in [0.2, 0.25) is 0 Å². The first-order chi connectivity index (χ1) is 9.90. The third-order valence-corrected chi connectivity index (χ3v) is 3.26. The molecular weight excluding hydrogens is 350 g/mol. The lowest BCUT2D eigenvalue weighted by molar-refractivity contribution is -0.384. The van der Waals surface area contributed by atoms with Crippen LogP contribution >= 0.6 is 15.9 Å². The van der Waals surface area contributed by atoms with Crippen molar-refractivity contribution >= 4 is 27.3 Å². The van der Waals surface area contributed by atoms with Crippen molar-refractivity contribution in [3.63, 3.8) is 0 Å². The number of anilines is 1. The van der Waals surface area contributed by atoms with Crippen LogP contribution in [0.25, 0.3) is 0 Å². The van der Waals surface area contributed by atoms with Gasteiger partial charge in [0.15, 0.2) is 17.3 Å². The second kappa shape index (κ2) is 6.04. The lowest BCUT2D eigenvalue weighted by Gasteiger charge is -2.10. The van der Waals surface area contributed by atoms with E-state index < -0.39 is 27.9 Å². The predicted octanol–water partition coefficient (Wildman–Crippen LogP) is 3.95. The molecule has 0 spiro atoms. The number of nitrogens with one attached hydrogen (secondary N) is 1. The molecular formula is C13H9BrF2N2O3. The first kappa shape index (κ1) is 15.2. The molecule has 0 aliphatic heterocycles. The standard InChI is InChI=1S/C13H9BrF2N2O3/c14-8-1-4-11(19)7(5-8)6-17-13-10(18(20)21)3-2-9(15)12(13)16/h1-5,17,19H,6H2. The Bertz CT molecular complexity index is 710. The number of phenolic OH excluding ortho intramolecular Hbond substituents is 1. The van der Waals surface area contributed by atoms with E-state index in [-0.39, 0.29) is 12.3 Å². The van der Waals surface area contributed by atoms with E-state index in [1.165, 1.54) is 6.07 Å². The maximum absolute atomic E-state index is 13.7. The van der Waals surface area contributed by atoms with Crippen molar-refractivity contribution in [2.24, 2.45) is 0 Å². The Balaban J connectivity index is 2.33. The van der Waals surface area contributed by atoms with E-state index in [4.69, 9.17) is 0 Å². The van der Waals surface area contributed by atoms with Crippen LogP contribution in [-0.4, -0.2) is 10.0 Å². The minimum Gasteiger partial charge on any atom is -0.508 e. The van der Waals surface area contributed by atoms with Gasteiger partial charge in [0.05, 0.1) is 4.92 Å². The third-order valence-electron chi connectivity index (χ3n) is 2.77. The summed E-state index contributed by atoms with van der Waals surface area (Å²) >= 11 is 3.21. The first-order valence-electron chi connectivity index (χ1n) is 5.74. The molecule has 5 nitrogen and oxygen atoms in total. The molecule has 2 N–H and O–H groups in total. The van der Waals surface area contributed by atoms with Crippen molar-refractivity contribution in [1.29, 1.82) is 0 Å². The Morgan fingerprint density at radius 1 is 1.29 bits per heavy atom. The van der Waals surface area contributed by atoms with Gasteiger partial charge in [-0.1, -0.05) is 15.9 Å². The summed E-state index contributed by atoms with van der Waals surface area (Å²) in [6.45, 7) is -0.105. The molecule has 2 aromatic rings. The zero-order valence-electron chi connectivity index (χ0n) is 10.4. The molecule has 2 rings (SSSR count). The number of nitro benzene ring substituents is 1. The molecule has 0 aliphatic carbocycles. The van der Waals surface area contributed by atoms with E-state index in [1.54, 1.807) is 12.1 Å². The summed E-state index contributed by atoms with van der Waals surface area (Å²) < 4.78 is 27.6. The van der Waals surface area contributed by atoms with Crippen LogP contribution in [0, 0.1) is 21.7 Å². The fraction of sp³-hybridized carbons (Fsp3) is 0.0769. The van der Waals surface area contributed by atoms with Crippen LogP contribution in [0.3, 0.4) is 0 Å². The fourth-order valence-electron chi connectivity index (χ4n) is 1.74. The van der Waals surface area contributed by atoms with E-state index in [9.17, 15) is 24.0 Å². The van der Waals surface area contributed by atoms with Gasteiger partial charge in [0, 0.05) is 22.6 Å². The molecule has 8 heteroatoms. The Morgan fingerprint density at radius 3 is 2.67 bits per heavy atom. The molecule has 0 atom stereocenters. The highest BCUT2D eigenvalue weighted by Gasteiger charge is 2.21. The van der Waals surface area contributed by atoms with Crippen molar-refractivity contribution in [2.75, 3.05) is 5.32 Å². The molecule has 2 aromatic carbocycles. The molecule has 0 radical (unpaired) electrons. The zero-order chi connectivity index (χ0) is 15.6. The van der Waals surface area contributed by atoms with Crippen molar-refractivity contribution in [1.82, 2.24) is 0 Å². The number of benzene rings is 2. The SMILES string of the molecule is O=[N+]([O-])c1ccc(F)c(F)c1NCc1cc(Br)ccc1O. The normalized spacial score (nSPS) is 10.4. The fourth-order valence-corrected chi connectivity index (χ4v) is 2.15. The number of nitro groups is 1. The van der Waals surface area contributed by atoms with Gasteiger partial charge in [-0.3, -0.25) is 10.1 Å². The summed E-state index contributed by atoms with van der Waals surface area (Å²) in [4.78, 5) is 10.0. The Hall–Kier alpha value is -2.22. The quantitative estimate of drug-likeness (QED) is 0.640. The van der Waals surface area contributed by atoms with Crippen molar-refractivity contribution in [3.8, 4) is 5.75 Å². The van der Waals surface area contributed by atoms with Crippen LogP contribution in [0.5, 0.6) is 5.75 Å². The van der Waals surface area contributed by atoms with Gasteiger partial charge < -0.3 is 10.4 Å². The third kappa shape index (κ3) is 3.27. The number of aromatic hydroxyl groups is 1. The van der Waals surface area contributed by atoms with Gasteiger partial charge in [-0.25, -0.2) is 8.78 Å². The van der Waals surface area contributed by atoms with Gasteiger partial charge in [-0.05, 0) is 24.3 Å². The van der Waals surface area contributed by atoms with Crippen molar-refractivity contribution < 1.29 is 18.8 Å². The monoisotopic (exact) mass is 358 g/mol. The smallest absolute Gasteiger partial charge is 0.295 e. The number of nitrogens with zero attached hydrogens (tertiary/aromatic N) is 1. The maximum atomic E-state index is 13.7. The Morgan fingerprint density at radius 2 is 2.00 bits per heavy atom. The van der Waals surface area contributed by atoms with Gasteiger partial charge in [0.1, 0.15) is 5.75 Å². The van der Waals surface area contributed by atoms with Crippen LogP contribution in [0.15, 0.2) is 34.8 Å². The van der Waals surface area contributed by atoms with E-state index in [0.717, 1.165) is 6.07 Å². The zero-order valence-corrected chi connectivity index (χ0v) is 12.0. The van der Waals surface area contributed by atoms with Gasteiger partial charge in [-0.15, -0.1) is 0 Å². The molecule has 0 aliphatic rings. The van der Waals surface area contributed by atoms with Crippen molar-refractivity contribution in [3.05, 3.63) is 62.1 Å². The minimum absolute atomic E-state index is 0.0647. The molecule has 0 aromatic heterocycles. The molecule has 0 heterocycles. The summed E-state index contributed by atoms with van der Waals surface area (Å²) in [5.41, 5.74) is -0.759. The highest BCUT2D eigenvalue weighted by molar-refractivity contribution is 9.10. The van der Waals surface area contributed by atoms with E-state index in [2.05, 4.69) is 21.2 Å². The van der Waals surface area contributed by atoms with Crippen LogP contribution < -0.4 is 5.32 Å². The lowest BCUT2D eigenvalue weighted by Crippen LogP contribution is -2.06. The molecule has 0 amide bonds. The van der Waals surface area contributed by atoms with Gasteiger partial charge in [-0.2, -0.15) is 0 Å². The highest BCUT2D eigenvalue weighted by atomic mass is 79.9. The molecule has 110 valence electrons. The number of halogens is 3. The van der Waals surface area contributed by atoms with Crippen LogP contribution in [0.4, 0.5) is 20.2 Å². The summed E-state index contributed by atoms with van der Waals surface area (Å²) in [5.74, 6) is -2.59. The van der Waals surface area contributed by atoms with Gasteiger partial charge in [0.25, 0.3) is 5.69 Å². The molecule has 0 fully saturated rings. The summed E-state index contributed by atoms with van der Waals surface area (Å²) in [6, 6.07) is 6.14. The minimum atomic E-state index is -1.33. The van der Waals surface area contributed by atoms with Crippen LogP contribution in [0.2, 0.25) is 0 Å². The van der Waals surface area contributed by atoms with Gasteiger partial charge >= 0.3 is 0 Å². The summed E-state index contributed by atoms with van der Waals surface area (Å²) in [6.07, 6.45) is 0. The molecule has 0 unspecified atom stereocenters. The number of hydrogen-bond donors (Lipinski definition) is 2. The Labute approximate surface area is 126 Å². The molecule has 21 heavy (non-hydrogen) atoms. The highest BCUT2D eigenvalue weighted by Crippen LogP contribution is 2.30. The second-order valence-electron chi connectivity index (χ2n) is 4.14. The lowest BCUT2D eigenvalue weighted by atomic mass is 10.2. The van der Waals surface area contributed by atoms with E-state index >= 15 is 0 Å². The predicted molar refractivity (Wildman–Crippen MR) is 76.1 cm³/mol. The summed E-state index contributed by atoms with van der Waals surface area (Å²) in [7, 11) is 0.